The Morgan fingerprint density at radius 3 is 2.12 bits per heavy atom. The molecular formula is C26H28N2O5. The van der Waals surface area contributed by atoms with Crippen LogP contribution in [-0.2, 0) is 14.3 Å². The number of ether oxygens (including phenoxy) is 1. The zero-order chi connectivity index (χ0) is 23.0. The highest BCUT2D eigenvalue weighted by molar-refractivity contribution is 5.81. The van der Waals surface area contributed by atoms with E-state index in [1.807, 2.05) is 24.3 Å². The molecule has 172 valence electrons. The Labute approximate surface area is 192 Å². The molecule has 2 saturated carbocycles. The van der Waals surface area contributed by atoms with E-state index in [1.54, 1.807) is 0 Å². The number of hydrogen-bond acceptors (Lipinski definition) is 4. The zero-order valence-electron chi connectivity index (χ0n) is 18.4. The maximum atomic E-state index is 12.7. The van der Waals surface area contributed by atoms with Gasteiger partial charge < -0.3 is 20.5 Å². The summed E-state index contributed by atoms with van der Waals surface area (Å²) in [5.41, 5.74) is 4.09. The van der Waals surface area contributed by atoms with Crippen LogP contribution in [0, 0.1) is 5.92 Å². The lowest BCUT2D eigenvalue weighted by Crippen LogP contribution is -2.57. The van der Waals surface area contributed by atoms with Gasteiger partial charge in [-0.25, -0.2) is 4.79 Å². The lowest BCUT2D eigenvalue weighted by atomic mass is 9.74. The van der Waals surface area contributed by atoms with Crippen molar-refractivity contribution in [3.63, 3.8) is 0 Å². The SMILES string of the molecule is O=C(CC1(NC(=O)OCC2c3ccccc3-c3ccccc32)CCC1)NC1CC(C(=O)O)C1. The van der Waals surface area contributed by atoms with Crippen LogP contribution in [0.15, 0.2) is 48.5 Å². The molecule has 3 aliphatic rings. The maximum absolute atomic E-state index is 12.7. The summed E-state index contributed by atoms with van der Waals surface area (Å²) in [5, 5.41) is 14.8. The number of amides is 2. The standard InChI is InChI=1S/C26H28N2O5/c29-23(27-17-12-16(13-17)24(30)31)14-26(10-5-11-26)28-25(32)33-15-22-20-8-3-1-6-18(20)19-7-2-4-9-21(19)22/h1-4,6-9,16-17,22H,5,10-15H2,(H,27,29)(H,28,32)(H,30,31). The minimum absolute atomic E-state index is 0.00964. The van der Waals surface area contributed by atoms with Crippen molar-refractivity contribution in [3.05, 3.63) is 59.7 Å². The van der Waals surface area contributed by atoms with E-state index in [0.717, 1.165) is 30.4 Å². The molecule has 2 fully saturated rings. The van der Waals surface area contributed by atoms with E-state index in [2.05, 4.69) is 34.9 Å². The molecule has 3 aliphatic carbocycles. The first-order valence-electron chi connectivity index (χ1n) is 11.6. The Kier molecular flexibility index (Phi) is 5.56. The number of hydrogen-bond donors (Lipinski definition) is 3. The minimum atomic E-state index is -0.812. The van der Waals surface area contributed by atoms with Crippen molar-refractivity contribution >= 4 is 18.0 Å². The van der Waals surface area contributed by atoms with E-state index in [-0.39, 0.29) is 36.8 Å². The van der Waals surface area contributed by atoms with Crippen molar-refractivity contribution in [2.75, 3.05) is 6.61 Å². The predicted octanol–water partition coefficient (Wildman–Crippen LogP) is 3.82. The second kappa shape index (κ2) is 8.54. The highest BCUT2D eigenvalue weighted by Gasteiger charge is 2.42. The van der Waals surface area contributed by atoms with E-state index in [1.165, 1.54) is 11.1 Å². The molecule has 0 spiro atoms. The average Bonchev–Trinajstić information content (AvgIpc) is 3.06. The number of carboxylic acids is 1. The summed E-state index contributed by atoms with van der Waals surface area (Å²) < 4.78 is 5.66. The third-order valence-electron chi connectivity index (χ3n) is 7.37. The van der Waals surface area contributed by atoms with E-state index in [4.69, 9.17) is 9.84 Å². The average molecular weight is 449 g/mol. The number of rotatable bonds is 7. The molecule has 0 aliphatic heterocycles. The first kappa shape index (κ1) is 21.5. The Bertz CT molecular complexity index is 1040. The summed E-state index contributed by atoms with van der Waals surface area (Å²) in [4.78, 5) is 36.1. The molecular weight excluding hydrogens is 420 g/mol. The van der Waals surface area contributed by atoms with Crippen molar-refractivity contribution < 1.29 is 24.2 Å². The fraction of sp³-hybridized carbons (Fsp3) is 0.423. The van der Waals surface area contributed by atoms with Gasteiger partial charge in [0.15, 0.2) is 0 Å². The zero-order valence-corrected chi connectivity index (χ0v) is 18.4. The fourth-order valence-electron chi connectivity index (χ4n) is 5.32. The summed E-state index contributed by atoms with van der Waals surface area (Å²) in [7, 11) is 0. The van der Waals surface area contributed by atoms with Crippen molar-refractivity contribution in [2.45, 2.75) is 56.0 Å². The van der Waals surface area contributed by atoms with Crippen LogP contribution in [0.3, 0.4) is 0 Å². The molecule has 3 N–H and O–H groups in total. The molecule has 2 amide bonds. The van der Waals surface area contributed by atoms with Crippen LogP contribution in [0.5, 0.6) is 0 Å². The van der Waals surface area contributed by atoms with Crippen molar-refractivity contribution in [2.24, 2.45) is 5.92 Å². The molecule has 0 atom stereocenters. The summed E-state index contributed by atoms with van der Waals surface area (Å²) in [6.07, 6.45) is 3.02. The molecule has 0 heterocycles. The normalized spacial score (nSPS) is 22.2. The monoisotopic (exact) mass is 448 g/mol. The molecule has 2 aromatic carbocycles. The van der Waals surface area contributed by atoms with Crippen LogP contribution < -0.4 is 10.6 Å². The largest absolute Gasteiger partial charge is 0.481 e. The molecule has 0 bridgehead atoms. The quantitative estimate of drug-likeness (QED) is 0.597. The van der Waals surface area contributed by atoms with Crippen LogP contribution >= 0.6 is 0 Å². The molecule has 33 heavy (non-hydrogen) atoms. The van der Waals surface area contributed by atoms with E-state index < -0.39 is 17.6 Å². The number of carboxylic acid groups (broad SMARTS) is 1. The third-order valence-corrected chi connectivity index (χ3v) is 7.37. The number of fused-ring (bicyclic) bond motifs is 3. The number of nitrogens with one attached hydrogen (secondary N) is 2. The van der Waals surface area contributed by atoms with Crippen molar-refractivity contribution in [1.82, 2.24) is 10.6 Å². The minimum Gasteiger partial charge on any atom is -0.481 e. The Hall–Kier alpha value is -3.35. The summed E-state index contributed by atoms with van der Waals surface area (Å²) in [6, 6.07) is 16.3. The summed E-state index contributed by atoms with van der Waals surface area (Å²) in [5.74, 6) is -1.34. The highest BCUT2D eigenvalue weighted by atomic mass is 16.5. The molecule has 0 radical (unpaired) electrons. The smallest absolute Gasteiger partial charge is 0.407 e. The van der Waals surface area contributed by atoms with Gasteiger partial charge in [-0.05, 0) is 54.4 Å². The molecule has 0 aromatic heterocycles. The highest BCUT2D eigenvalue weighted by Crippen LogP contribution is 2.44. The van der Waals surface area contributed by atoms with Crippen LogP contribution in [0.2, 0.25) is 0 Å². The summed E-state index contributed by atoms with van der Waals surface area (Å²) >= 11 is 0. The van der Waals surface area contributed by atoms with Gasteiger partial charge in [-0.2, -0.15) is 0 Å². The number of aliphatic carboxylic acids is 1. The maximum Gasteiger partial charge on any atom is 0.407 e. The van der Waals surface area contributed by atoms with Gasteiger partial charge in [0.2, 0.25) is 5.91 Å². The lowest BCUT2D eigenvalue weighted by molar-refractivity contribution is -0.146. The summed E-state index contributed by atoms with van der Waals surface area (Å²) in [6.45, 7) is 0.237. The van der Waals surface area contributed by atoms with Gasteiger partial charge in [-0.1, -0.05) is 48.5 Å². The number of carbonyl (C=O) groups excluding carboxylic acids is 2. The Balaban J connectivity index is 1.16. The van der Waals surface area contributed by atoms with Gasteiger partial charge in [0.25, 0.3) is 0 Å². The molecule has 7 heteroatoms. The topological polar surface area (TPSA) is 105 Å². The van der Waals surface area contributed by atoms with Gasteiger partial charge in [-0.15, -0.1) is 0 Å². The molecule has 0 unspecified atom stereocenters. The first-order chi connectivity index (χ1) is 15.9. The molecule has 5 rings (SSSR count). The van der Waals surface area contributed by atoms with Gasteiger partial charge in [0.05, 0.1) is 11.5 Å². The fourth-order valence-corrected chi connectivity index (χ4v) is 5.32. The van der Waals surface area contributed by atoms with Crippen LogP contribution in [0.25, 0.3) is 11.1 Å². The predicted molar refractivity (Wildman–Crippen MR) is 122 cm³/mol. The van der Waals surface area contributed by atoms with Gasteiger partial charge >= 0.3 is 12.1 Å². The van der Waals surface area contributed by atoms with E-state index in [9.17, 15) is 14.4 Å². The number of carbonyl (C=O) groups is 3. The van der Waals surface area contributed by atoms with Gasteiger partial charge in [-0.3, -0.25) is 9.59 Å². The second-order valence-electron chi connectivity index (χ2n) is 9.53. The molecule has 0 saturated heterocycles. The Morgan fingerprint density at radius 2 is 1.58 bits per heavy atom. The third kappa shape index (κ3) is 4.19. The van der Waals surface area contributed by atoms with E-state index >= 15 is 0 Å². The van der Waals surface area contributed by atoms with Crippen LogP contribution in [-0.4, -0.2) is 41.3 Å². The number of benzene rings is 2. The molecule has 2 aromatic rings. The number of alkyl carbamates (subject to hydrolysis) is 1. The van der Waals surface area contributed by atoms with E-state index in [0.29, 0.717) is 12.8 Å². The van der Waals surface area contributed by atoms with Gasteiger partial charge in [0, 0.05) is 18.4 Å². The lowest BCUT2D eigenvalue weighted by Gasteiger charge is -2.42. The van der Waals surface area contributed by atoms with Crippen LogP contribution in [0.4, 0.5) is 4.79 Å². The Morgan fingerprint density at radius 1 is 0.970 bits per heavy atom. The van der Waals surface area contributed by atoms with Crippen LogP contribution in [0.1, 0.15) is 55.6 Å². The van der Waals surface area contributed by atoms with Crippen molar-refractivity contribution in [1.29, 1.82) is 0 Å². The second-order valence-corrected chi connectivity index (χ2v) is 9.53. The molecule has 7 nitrogen and oxygen atoms in total. The van der Waals surface area contributed by atoms with Crippen molar-refractivity contribution in [3.8, 4) is 11.1 Å². The van der Waals surface area contributed by atoms with Gasteiger partial charge in [0.1, 0.15) is 6.61 Å². The first-order valence-corrected chi connectivity index (χ1v) is 11.6.